The molecule has 2 unspecified atom stereocenters. The number of rotatable bonds is 5. The van der Waals surface area contributed by atoms with Crippen LogP contribution in [0.15, 0.2) is 23.1 Å². The molecule has 2 N–H and O–H groups in total. The van der Waals surface area contributed by atoms with Crippen LogP contribution in [0.25, 0.3) is 0 Å². The second kappa shape index (κ2) is 6.49. The lowest BCUT2D eigenvalue weighted by Gasteiger charge is -2.27. The molecule has 1 saturated heterocycles. The van der Waals surface area contributed by atoms with E-state index in [2.05, 4.69) is 18.3 Å². The number of aliphatic hydroxyl groups is 1. The Balaban J connectivity index is 2.14. The maximum absolute atomic E-state index is 10.5. The molecular weight excluding hydrogens is 272 g/mol. The minimum atomic E-state index is -0.860. The molecule has 0 aliphatic carbocycles. The molecule has 0 spiro atoms. The lowest BCUT2D eigenvalue weighted by Crippen LogP contribution is -2.43. The third-order valence-electron chi connectivity index (χ3n) is 3.68. The Morgan fingerprint density at radius 3 is 3.00 bits per heavy atom. The molecule has 2 atom stereocenters. The fourth-order valence-electron chi connectivity index (χ4n) is 2.32. The van der Waals surface area contributed by atoms with Gasteiger partial charge in [-0.15, -0.1) is 11.8 Å². The highest BCUT2D eigenvalue weighted by Gasteiger charge is 2.39. The van der Waals surface area contributed by atoms with Gasteiger partial charge in [0.2, 0.25) is 0 Å². The van der Waals surface area contributed by atoms with E-state index < -0.39 is 5.60 Å². The first kappa shape index (κ1) is 15.2. The number of hydrogen-bond acceptors (Lipinski definition) is 5. The summed E-state index contributed by atoms with van der Waals surface area (Å²) in [5.41, 5.74) is 0.564. The van der Waals surface area contributed by atoms with Crippen LogP contribution in [0.1, 0.15) is 25.8 Å². The lowest BCUT2D eigenvalue weighted by atomic mass is 9.96. The third kappa shape index (κ3) is 3.09. The van der Waals surface area contributed by atoms with Crippen LogP contribution in [0.4, 0.5) is 5.69 Å². The van der Waals surface area contributed by atoms with Crippen molar-refractivity contribution in [1.29, 1.82) is 5.26 Å². The SMILES string of the molecule is CCSc1cccc(NCC2(O)CCOC2C)c1C#N. The van der Waals surface area contributed by atoms with E-state index in [4.69, 9.17) is 4.74 Å². The van der Waals surface area contributed by atoms with Crippen LogP contribution in [-0.2, 0) is 4.74 Å². The highest BCUT2D eigenvalue weighted by Crippen LogP contribution is 2.30. The van der Waals surface area contributed by atoms with Gasteiger partial charge in [-0.2, -0.15) is 5.26 Å². The fraction of sp³-hybridized carbons (Fsp3) is 0.533. The van der Waals surface area contributed by atoms with Gasteiger partial charge in [0.25, 0.3) is 0 Å². The van der Waals surface area contributed by atoms with Crippen LogP contribution in [0.5, 0.6) is 0 Å². The Kier molecular flexibility index (Phi) is 4.92. The molecule has 2 rings (SSSR count). The van der Waals surface area contributed by atoms with E-state index in [0.29, 0.717) is 25.1 Å². The Bertz CT molecular complexity index is 515. The second-order valence-electron chi connectivity index (χ2n) is 4.94. The van der Waals surface area contributed by atoms with Crippen LogP contribution in [0.3, 0.4) is 0 Å². The van der Waals surface area contributed by atoms with Crippen molar-refractivity contribution in [2.24, 2.45) is 0 Å². The monoisotopic (exact) mass is 292 g/mol. The summed E-state index contributed by atoms with van der Waals surface area (Å²) in [6.07, 6.45) is 0.431. The molecule has 108 valence electrons. The molecule has 1 aliphatic heterocycles. The zero-order chi connectivity index (χ0) is 14.6. The largest absolute Gasteiger partial charge is 0.385 e. The van der Waals surface area contributed by atoms with E-state index in [0.717, 1.165) is 16.3 Å². The summed E-state index contributed by atoms with van der Waals surface area (Å²) in [5, 5.41) is 23.0. The van der Waals surface area contributed by atoms with Crippen molar-refractivity contribution in [3.05, 3.63) is 23.8 Å². The number of hydrogen-bond donors (Lipinski definition) is 2. The molecule has 0 saturated carbocycles. The molecule has 0 bridgehead atoms. The summed E-state index contributed by atoms with van der Waals surface area (Å²) >= 11 is 1.65. The van der Waals surface area contributed by atoms with Crippen LogP contribution < -0.4 is 5.32 Å². The molecule has 0 aromatic heterocycles. The van der Waals surface area contributed by atoms with E-state index >= 15 is 0 Å². The zero-order valence-corrected chi connectivity index (χ0v) is 12.7. The Morgan fingerprint density at radius 1 is 1.60 bits per heavy atom. The van der Waals surface area contributed by atoms with Crippen LogP contribution in [0.2, 0.25) is 0 Å². The molecule has 1 heterocycles. The lowest BCUT2D eigenvalue weighted by molar-refractivity contribution is -0.0175. The van der Waals surface area contributed by atoms with Gasteiger partial charge in [0.05, 0.1) is 17.4 Å². The van der Waals surface area contributed by atoms with Crippen LogP contribution >= 0.6 is 11.8 Å². The molecule has 5 heteroatoms. The molecule has 1 aliphatic rings. The van der Waals surface area contributed by atoms with Gasteiger partial charge in [-0.3, -0.25) is 0 Å². The summed E-state index contributed by atoms with van der Waals surface area (Å²) < 4.78 is 5.42. The minimum Gasteiger partial charge on any atom is -0.385 e. The van der Waals surface area contributed by atoms with Crippen molar-refractivity contribution < 1.29 is 9.84 Å². The first-order valence-electron chi connectivity index (χ1n) is 6.84. The molecule has 4 nitrogen and oxygen atoms in total. The van der Waals surface area contributed by atoms with Crippen molar-refractivity contribution >= 4 is 17.4 Å². The molecule has 1 aromatic rings. The Hall–Kier alpha value is -1.22. The minimum absolute atomic E-state index is 0.186. The number of benzene rings is 1. The molecule has 1 fully saturated rings. The number of ether oxygens (including phenoxy) is 1. The van der Waals surface area contributed by atoms with Gasteiger partial charge in [-0.25, -0.2) is 0 Å². The maximum Gasteiger partial charge on any atom is 0.110 e. The fourth-order valence-corrected chi connectivity index (χ4v) is 3.11. The van der Waals surface area contributed by atoms with E-state index in [1.165, 1.54) is 0 Å². The molecule has 0 amide bonds. The van der Waals surface area contributed by atoms with E-state index in [1.807, 2.05) is 25.1 Å². The molecule has 0 radical (unpaired) electrons. The van der Waals surface area contributed by atoms with E-state index in [-0.39, 0.29) is 6.10 Å². The quantitative estimate of drug-likeness (QED) is 0.817. The summed E-state index contributed by atoms with van der Waals surface area (Å²) in [6.45, 7) is 4.91. The third-order valence-corrected chi connectivity index (χ3v) is 4.62. The number of nitrogens with zero attached hydrogens (tertiary/aromatic N) is 1. The highest BCUT2D eigenvalue weighted by atomic mass is 32.2. The molecule has 1 aromatic carbocycles. The zero-order valence-electron chi connectivity index (χ0n) is 11.8. The predicted molar refractivity (Wildman–Crippen MR) is 81.0 cm³/mol. The van der Waals surface area contributed by atoms with E-state index in [9.17, 15) is 10.4 Å². The van der Waals surface area contributed by atoms with Gasteiger partial charge in [-0.1, -0.05) is 13.0 Å². The van der Waals surface area contributed by atoms with Crippen LogP contribution in [-0.4, -0.2) is 35.7 Å². The van der Waals surface area contributed by atoms with Crippen molar-refractivity contribution in [1.82, 2.24) is 0 Å². The van der Waals surface area contributed by atoms with Gasteiger partial charge in [-0.05, 0) is 24.8 Å². The molecule has 20 heavy (non-hydrogen) atoms. The molecular formula is C15H20N2O2S. The summed E-state index contributed by atoms with van der Waals surface area (Å²) in [6, 6.07) is 8.01. The first-order chi connectivity index (χ1) is 9.60. The average Bonchev–Trinajstić information content (AvgIpc) is 2.77. The van der Waals surface area contributed by atoms with Gasteiger partial charge in [0.1, 0.15) is 11.7 Å². The van der Waals surface area contributed by atoms with Crippen LogP contribution in [0, 0.1) is 11.3 Å². The topological polar surface area (TPSA) is 65.3 Å². The van der Waals surface area contributed by atoms with Gasteiger partial charge >= 0.3 is 0 Å². The summed E-state index contributed by atoms with van der Waals surface area (Å²) in [5.74, 6) is 0.924. The van der Waals surface area contributed by atoms with Crippen molar-refractivity contribution in [2.45, 2.75) is 36.9 Å². The Morgan fingerprint density at radius 2 is 2.40 bits per heavy atom. The predicted octanol–water partition coefficient (Wildman–Crippen LogP) is 2.62. The van der Waals surface area contributed by atoms with Gasteiger partial charge in [0.15, 0.2) is 0 Å². The normalized spacial score (nSPS) is 25.4. The first-order valence-corrected chi connectivity index (χ1v) is 7.83. The second-order valence-corrected chi connectivity index (χ2v) is 6.25. The van der Waals surface area contributed by atoms with E-state index in [1.54, 1.807) is 11.8 Å². The van der Waals surface area contributed by atoms with Crippen molar-refractivity contribution in [3.8, 4) is 6.07 Å². The highest BCUT2D eigenvalue weighted by molar-refractivity contribution is 7.99. The summed E-state index contributed by atoms with van der Waals surface area (Å²) in [7, 11) is 0. The van der Waals surface area contributed by atoms with Crippen molar-refractivity contribution in [3.63, 3.8) is 0 Å². The number of nitriles is 1. The van der Waals surface area contributed by atoms with Crippen molar-refractivity contribution in [2.75, 3.05) is 24.2 Å². The Labute approximate surface area is 124 Å². The van der Waals surface area contributed by atoms with Gasteiger partial charge in [0, 0.05) is 24.5 Å². The average molecular weight is 292 g/mol. The standard InChI is InChI=1S/C15H20N2O2S/c1-3-20-14-6-4-5-13(12(14)9-16)17-10-15(18)7-8-19-11(15)2/h4-6,11,17-18H,3,7-8,10H2,1-2H3. The maximum atomic E-state index is 10.5. The smallest absolute Gasteiger partial charge is 0.110 e. The van der Waals surface area contributed by atoms with Gasteiger partial charge < -0.3 is 15.2 Å². The number of nitrogens with one attached hydrogen (secondary N) is 1. The number of thioether (sulfide) groups is 1. The summed E-state index contributed by atoms with van der Waals surface area (Å²) in [4.78, 5) is 0.975. The number of anilines is 1.